The Morgan fingerprint density at radius 3 is 2.94 bits per heavy atom. The van der Waals surface area contributed by atoms with Crippen molar-refractivity contribution in [1.82, 2.24) is 9.55 Å². The minimum atomic E-state index is 0.452. The van der Waals surface area contributed by atoms with Gasteiger partial charge in [-0.1, -0.05) is 29.8 Å². The van der Waals surface area contributed by atoms with Gasteiger partial charge in [0.15, 0.2) is 0 Å². The molecule has 0 aliphatic carbocycles. The topological polar surface area (TPSA) is 53.7 Å². The molecular formula is C12H11ClN4. The first-order valence-corrected chi connectivity index (χ1v) is 5.78. The van der Waals surface area contributed by atoms with Gasteiger partial charge in [-0.3, -0.25) is 9.98 Å². The van der Waals surface area contributed by atoms with E-state index in [1.807, 2.05) is 28.8 Å². The zero-order valence-corrected chi connectivity index (χ0v) is 9.83. The molecule has 17 heavy (non-hydrogen) atoms. The number of hydrogen-bond donors (Lipinski definition) is 2. The standard InChI is InChI=1S/C12H11ClN4/c13-10-4-2-1-3-8(10)9-7-16-12-15-5-6-17(12)11(9)14/h1-4,7,14H,5-6H2,(H,15,16). The molecule has 0 spiro atoms. The lowest BCUT2D eigenvalue weighted by Gasteiger charge is -2.08. The summed E-state index contributed by atoms with van der Waals surface area (Å²) in [5.41, 5.74) is 2.07. The third-order valence-electron chi connectivity index (χ3n) is 2.88. The van der Waals surface area contributed by atoms with Crippen LogP contribution in [0.15, 0.2) is 30.5 Å². The molecule has 4 nitrogen and oxygen atoms in total. The number of rotatable bonds is 1. The van der Waals surface area contributed by atoms with Crippen molar-refractivity contribution in [3.63, 3.8) is 0 Å². The van der Waals surface area contributed by atoms with Gasteiger partial charge in [0.1, 0.15) is 5.49 Å². The predicted molar refractivity (Wildman–Crippen MR) is 67.0 cm³/mol. The van der Waals surface area contributed by atoms with Crippen LogP contribution in [0.1, 0.15) is 0 Å². The molecule has 0 atom stereocenters. The quantitative estimate of drug-likeness (QED) is 0.810. The Morgan fingerprint density at radius 2 is 2.12 bits per heavy atom. The molecule has 3 rings (SSSR count). The number of fused-ring (bicyclic) bond motifs is 1. The highest BCUT2D eigenvalue weighted by Crippen LogP contribution is 2.25. The van der Waals surface area contributed by atoms with E-state index in [4.69, 9.17) is 17.0 Å². The fourth-order valence-corrected chi connectivity index (χ4v) is 2.26. The van der Waals surface area contributed by atoms with Crippen molar-refractivity contribution in [2.24, 2.45) is 0 Å². The average molecular weight is 247 g/mol. The van der Waals surface area contributed by atoms with Crippen molar-refractivity contribution < 1.29 is 0 Å². The summed E-state index contributed by atoms with van der Waals surface area (Å²) in [4.78, 5) is 4.31. The molecule has 2 heterocycles. The fraction of sp³-hybridized carbons (Fsp3) is 0.167. The third kappa shape index (κ3) is 1.61. The number of benzene rings is 1. The van der Waals surface area contributed by atoms with Crippen LogP contribution in [0.3, 0.4) is 0 Å². The van der Waals surface area contributed by atoms with Crippen molar-refractivity contribution in [2.75, 3.05) is 11.9 Å². The number of nitrogens with zero attached hydrogens (tertiary/aromatic N) is 2. The van der Waals surface area contributed by atoms with Crippen molar-refractivity contribution >= 4 is 17.5 Å². The summed E-state index contributed by atoms with van der Waals surface area (Å²) in [6.45, 7) is 1.60. The van der Waals surface area contributed by atoms with E-state index >= 15 is 0 Å². The Kier molecular flexibility index (Phi) is 2.37. The first kappa shape index (κ1) is 10.4. The minimum absolute atomic E-state index is 0.452. The number of halogens is 1. The Labute approximate surface area is 103 Å². The van der Waals surface area contributed by atoms with E-state index in [0.717, 1.165) is 30.2 Å². The largest absolute Gasteiger partial charge is 0.354 e. The number of nitrogens with one attached hydrogen (secondary N) is 2. The summed E-state index contributed by atoms with van der Waals surface area (Å²) < 4.78 is 1.86. The molecule has 0 radical (unpaired) electrons. The van der Waals surface area contributed by atoms with Crippen molar-refractivity contribution in [3.05, 3.63) is 41.0 Å². The molecule has 2 N–H and O–H groups in total. The highest BCUT2D eigenvalue weighted by molar-refractivity contribution is 6.33. The summed E-state index contributed by atoms with van der Waals surface area (Å²) in [6.07, 6.45) is 1.70. The van der Waals surface area contributed by atoms with Crippen LogP contribution in [0.4, 0.5) is 5.95 Å². The van der Waals surface area contributed by atoms with Crippen LogP contribution in [-0.4, -0.2) is 16.1 Å². The van der Waals surface area contributed by atoms with E-state index in [1.54, 1.807) is 6.20 Å². The second-order valence-electron chi connectivity index (χ2n) is 3.90. The molecule has 0 unspecified atom stereocenters. The van der Waals surface area contributed by atoms with Crippen molar-refractivity contribution in [2.45, 2.75) is 6.54 Å². The van der Waals surface area contributed by atoms with Crippen LogP contribution in [0.25, 0.3) is 11.1 Å². The lowest BCUT2D eigenvalue weighted by molar-refractivity contribution is 0.737. The molecule has 0 amide bonds. The zero-order chi connectivity index (χ0) is 11.8. The van der Waals surface area contributed by atoms with E-state index in [2.05, 4.69) is 10.3 Å². The molecule has 2 aromatic rings. The summed E-state index contributed by atoms with van der Waals surface area (Å²) >= 11 is 6.15. The highest BCUT2D eigenvalue weighted by Gasteiger charge is 2.14. The summed E-state index contributed by atoms with van der Waals surface area (Å²) in [6, 6.07) is 7.53. The normalized spacial score (nSPS) is 13.2. The van der Waals surface area contributed by atoms with Gasteiger partial charge in [-0.25, -0.2) is 4.98 Å². The average Bonchev–Trinajstić information content (AvgIpc) is 2.80. The van der Waals surface area contributed by atoms with Crippen LogP contribution in [0, 0.1) is 5.41 Å². The van der Waals surface area contributed by atoms with Gasteiger partial charge in [0.2, 0.25) is 5.95 Å². The van der Waals surface area contributed by atoms with Crippen LogP contribution >= 0.6 is 11.6 Å². The van der Waals surface area contributed by atoms with Gasteiger partial charge in [-0.15, -0.1) is 0 Å². The lowest BCUT2D eigenvalue weighted by atomic mass is 10.1. The molecule has 5 heteroatoms. The van der Waals surface area contributed by atoms with Crippen LogP contribution in [0.2, 0.25) is 5.02 Å². The Balaban J connectivity index is 2.24. The molecule has 0 saturated carbocycles. The van der Waals surface area contributed by atoms with Crippen LogP contribution < -0.4 is 10.8 Å². The number of aromatic nitrogens is 2. The summed E-state index contributed by atoms with van der Waals surface area (Å²) in [5.74, 6) is 0.755. The third-order valence-corrected chi connectivity index (χ3v) is 3.21. The van der Waals surface area contributed by atoms with E-state index in [1.165, 1.54) is 0 Å². The lowest BCUT2D eigenvalue weighted by Crippen LogP contribution is -2.20. The summed E-state index contributed by atoms with van der Waals surface area (Å²) in [5, 5.41) is 12.0. The molecule has 0 fully saturated rings. The van der Waals surface area contributed by atoms with Crippen LogP contribution in [0.5, 0.6) is 0 Å². The predicted octanol–water partition coefficient (Wildman–Crippen LogP) is 2.11. The Morgan fingerprint density at radius 1 is 1.29 bits per heavy atom. The monoisotopic (exact) mass is 246 g/mol. The number of anilines is 1. The molecule has 0 saturated heterocycles. The fourth-order valence-electron chi connectivity index (χ4n) is 2.02. The minimum Gasteiger partial charge on any atom is -0.354 e. The molecule has 0 bridgehead atoms. The van der Waals surface area contributed by atoms with Gasteiger partial charge in [0.25, 0.3) is 0 Å². The van der Waals surface area contributed by atoms with Gasteiger partial charge in [-0.2, -0.15) is 0 Å². The maximum Gasteiger partial charge on any atom is 0.204 e. The van der Waals surface area contributed by atoms with Gasteiger partial charge < -0.3 is 5.32 Å². The van der Waals surface area contributed by atoms with Gasteiger partial charge in [0.05, 0.1) is 0 Å². The van der Waals surface area contributed by atoms with E-state index in [9.17, 15) is 0 Å². The Hall–Kier alpha value is -1.81. The van der Waals surface area contributed by atoms with Gasteiger partial charge in [-0.05, 0) is 6.07 Å². The molecule has 86 valence electrons. The van der Waals surface area contributed by atoms with Crippen molar-refractivity contribution in [3.8, 4) is 11.1 Å². The molecular weight excluding hydrogens is 236 g/mol. The molecule has 1 aliphatic heterocycles. The Bertz CT molecular complexity index is 633. The van der Waals surface area contributed by atoms with Crippen LogP contribution in [-0.2, 0) is 6.54 Å². The van der Waals surface area contributed by atoms with Crippen molar-refractivity contribution in [1.29, 1.82) is 5.41 Å². The maximum atomic E-state index is 8.19. The second-order valence-corrected chi connectivity index (χ2v) is 4.31. The highest BCUT2D eigenvalue weighted by atomic mass is 35.5. The van der Waals surface area contributed by atoms with Gasteiger partial charge >= 0.3 is 0 Å². The van der Waals surface area contributed by atoms with E-state index in [-0.39, 0.29) is 0 Å². The zero-order valence-electron chi connectivity index (χ0n) is 9.07. The van der Waals surface area contributed by atoms with E-state index < -0.39 is 0 Å². The first-order valence-electron chi connectivity index (χ1n) is 5.40. The maximum absolute atomic E-state index is 8.19. The molecule has 1 aromatic heterocycles. The summed E-state index contributed by atoms with van der Waals surface area (Å²) in [7, 11) is 0. The molecule has 1 aromatic carbocycles. The first-order chi connectivity index (χ1) is 8.27. The van der Waals surface area contributed by atoms with E-state index in [0.29, 0.717) is 10.5 Å². The van der Waals surface area contributed by atoms with Gasteiger partial charge in [0, 0.05) is 35.4 Å². The second kappa shape index (κ2) is 3.89. The molecule has 1 aliphatic rings. The number of hydrogen-bond acceptors (Lipinski definition) is 3. The SMILES string of the molecule is N=c1c(-c2ccccc2Cl)cnc2n1CCN2. The smallest absolute Gasteiger partial charge is 0.204 e.